The summed E-state index contributed by atoms with van der Waals surface area (Å²) in [5, 5.41) is 38.8. The number of nitrogens with one attached hydrogen (secondary N) is 1. The molecule has 2 saturated heterocycles. The fourth-order valence-corrected chi connectivity index (χ4v) is 10.6. The van der Waals surface area contributed by atoms with Gasteiger partial charge in [0.1, 0.15) is 12.4 Å². The molecule has 0 radical (unpaired) electrons. The van der Waals surface area contributed by atoms with Crippen LogP contribution in [-0.2, 0) is 40.9 Å². The van der Waals surface area contributed by atoms with Crippen LogP contribution in [-0.4, -0.2) is 57.6 Å². The SMILES string of the molecule is CCCC[C@H]1CC[C@H]2O[C@@H]1C[C@H](O)CCc1cc(c(O)cc1CO)OCc1cc([C@@]34CCOC[C@H]3CCc3ccccc34)cc3cn(cc13)C1=C2C=CC(N)N1. The summed E-state index contributed by atoms with van der Waals surface area (Å²) in [4.78, 5) is 0. The van der Waals surface area contributed by atoms with Crippen LogP contribution < -0.4 is 15.8 Å². The zero-order valence-corrected chi connectivity index (χ0v) is 32.6. The van der Waals surface area contributed by atoms with Crippen molar-refractivity contribution in [2.24, 2.45) is 17.6 Å². The standard InChI is InChI=1S/C47H57N3O6/c1-2-3-6-30-11-15-42-38-14-16-45(48)49-46(38)50-24-32-19-36(47-17-18-54-28-35(47)12-9-29-7-4-5-8-40(29)47)20-34(39(32)25-50)27-55-44-22-31(33(26-51)21-41(44)53)10-13-37(52)23-43(30)56-42/h4-5,7-8,14,16,19-22,24-25,30,35,37,42-43,45,49,51-53H,2-3,6,9-13,15,17-18,23,26-28,48H2,1H3/t30-,35+,37+,42+,43+,45?,47+/m0/s1. The van der Waals surface area contributed by atoms with Crippen LogP contribution in [0.1, 0.15) is 98.1 Å². The van der Waals surface area contributed by atoms with Crippen LogP contribution in [0, 0.1) is 11.8 Å². The second kappa shape index (κ2) is 15.7. The molecule has 6 N–H and O–H groups in total. The van der Waals surface area contributed by atoms with Gasteiger partial charge in [0.25, 0.3) is 0 Å². The first kappa shape index (κ1) is 37.5. The van der Waals surface area contributed by atoms with Crippen LogP contribution in [0.4, 0.5) is 0 Å². The van der Waals surface area contributed by atoms with Crippen molar-refractivity contribution in [2.45, 2.75) is 121 Å². The molecule has 7 atom stereocenters. The molecule has 1 aliphatic carbocycles. The lowest BCUT2D eigenvalue weighted by Gasteiger charge is -2.49. The smallest absolute Gasteiger partial charge is 0.161 e. The van der Waals surface area contributed by atoms with Crippen molar-refractivity contribution in [3.63, 3.8) is 0 Å². The first-order valence-corrected chi connectivity index (χ1v) is 21.0. The van der Waals surface area contributed by atoms with Crippen molar-refractivity contribution in [3.05, 3.63) is 112 Å². The number of aryl methyl sites for hydroxylation is 2. The first-order chi connectivity index (χ1) is 27.3. The van der Waals surface area contributed by atoms with E-state index in [1.165, 1.54) is 16.7 Å². The molecule has 9 rings (SSSR count). The molecule has 4 aromatic rings. The lowest BCUT2D eigenvalue weighted by Crippen LogP contribution is -2.47. The van der Waals surface area contributed by atoms with Crippen LogP contribution >= 0.6 is 0 Å². The average Bonchev–Trinajstić information content (AvgIpc) is 3.66. The number of fused-ring (bicyclic) bond motifs is 10. The van der Waals surface area contributed by atoms with Crippen molar-refractivity contribution in [1.29, 1.82) is 0 Å². The molecular weight excluding hydrogens is 703 g/mol. The number of aromatic hydroxyl groups is 1. The third-order valence-electron chi connectivity index (χ3n) is 13.6. The Morgan fingerprint density at radius 2 is 1.88 bits per heavy atom. The highest BCUT2D eigenvalue weighted by molar-refractivity contribution is 5.88. The number of hydrogen-bond acceptors (Lipinski definition) is 8. The summed E-state index contributed by atoms with van der Waals surface area (Å²) in [5.74, 6) is 1.98. The number of phenols is 1. The van der Waals surface area contributed by atoms with Crippen molar-refractivity contribution in [3.8, 4) is 11.5 Å². The lowest BCUT2D eigenvalue weighted by molar-refractivity contribution is -0.0873. The second-order valence-corrected chi connectivity index (χ2v) is 16.9. The molecule has 0 saturated carbocycles. The number of aliphatic hydroxyl groups is 2. The summed E-state index contributed by atoms with van der Waals surface area (Å²) in [6, 6.07) is 17.1. The number of benzene rings is 3. The maximum absolute atomic E-state index is 11.5. The molecule has 296 valence electrons. The van der Waals surface area contributed by atoms with Gasteiger partial charge in [0.05, 0.1) is 37.7 Å². The molecule has 56 heavy (non-hydrogen) atoms. The molecule has 0 amide bonds. The van der Waals surface area contributed by atoms with E-state index < -0.39 is 6.10 Å². The quantitative estimate of drug-likeness (QED) is 0.143. The molecule has 5 heterocycles. The monoisotopic (exact) mass is 759 g/mol. The Labute approximate surface area is 330 Å². The Bertz CT molecular complexity index is 2140. The van der Waals surface area contributed by atoms with E-state index in [0.29, 0.717) is 49.0 Å². The summed E-state index contributed by atoms with van der Waals surface area (Å²) in [6.07, 6.45) is 17.2. The van der Waals surface area contributed by atoms with Gasteiger partial charge in [0, 0.05) is 40.8 Å². The maximum Gasteiger partial charge on any atom is 0.161 e. The van der Waals surface area contributed by atoms with E-state index >= 15 is 0 Å². The predicted octanol–water partition coefficient (Wildman–Crippen LogP) is 7.35. The summed E-state index contributed by atoms with van der Waals surface area (Å²) >= 11 is 0. The van der Waals surface area contributed by atoms with Gasteiger partial charge in [-0.25, -0.2) is 0 Å². The predicted molar refractivity (Wildman–Crippen MR) is 218 cm³/mol. The van der Waals surface area contributed by atoms with Gasteiger partial charge < -0.3 is 45.1 Å². The highest BCUT2D eigenvalue weighted by Crippen LogP contribution is 2.52. The van der Waals surface area contributed by atoms with Crippen molar-refractivity contribution >= 4 is 16.6 Å². The van der Waals surface area contributed by atoms with E-state index in [9.17, 15) is 15.3 Å². The van der Waals surface area contributed by atoms with E-state index in [-0.39, 0.29) is 42.8 Å². The number of ether oxygens (including phenoxy) is 3. The number of aliphatic hydroxyl groups excluding tert-OH is 2. The normalized spacial score (nSPS) is 29.1. The number of dihydropyridines is 1. The zero-order chi connectivity index (χ0) is 38.4. The topological polar surface area (TPSA) is 131 Å². The van der Waals surface area contributed by atoms with Gasteiger partial charge in [-0.2, -0.15) is 0 Å². The number of aromatic nitrogens is 1. The highest BCUT2D eigenvalue weighted by atomic mass is 16.5. The van der Waals surface area contributed by atoms with E-state index in [1.807, 2.05) is 12.1 Å². The largest absolute Gasteiger partial charge is 0.504 e. The molecular formula is C47H57N3O6. The van der Waals surface area contributed by atoms with E-state index in [1.54, 1.807) is 6.07 Å². The van der Waals surface area contributed by atoms with Crippen LogP contribution in [0.15, 0.2) is 78.6 Å². The molecule has 9 heteroatoms. The zero-order valence-electron chi connectivity index (χ0n) is 32.6. The number of nitrogens with two attached hydrogens (primary N) is 1. The lowest BCUT2D eigenvalue weighted by atomic mass is 9.57. The van der Waals surface area contributed by atoms with Gasteiger partial charge in [-0.1, -0.05) is 56.2 Å². The molecule has 1 unspecified atom stereocenters. The fraction of sp³-hybridized carbons (Fsp3) is 0.489. The number of phenolic OH excluding ortho intramolecular Hbond substituents is 1. The highest BCUT2D eigenvalue weighted by Gasteiger charge is 2.47. The van der Waals surface area contributed by atoms with Gasteiger partial charge in [0.15, 0.2) is 11.5 Å². The minimum Gasteiger partial charge on any atom is -0.504 e. The molecule has 3 aromatic carbocycles. The third-order valence-corrected chi connectivity index (χ3v) is 13.6. The number of hydrogen-bond donors (Lipinski definition) is 5. The van der Waals surface area contributed by atoms with Gasteiger partial charge in [-0.05, 0) is 127 Å². The first-order valence-electron chi connectivity index (χ1n) is 21.0. The van der Waals surface area contributed by atoms with Crippen LogP contribution in [0.5, 0.6) is 11.5 Å². The number of nitrogens with zero attached hydrogens (tertiary/aromatic N) is 1. The molecule has 6 bridgehead atoms. The van der Waals surface area contributed by atoms with E-state index in [4.69, 9.17) is 19.9 Å². The van der Waals surface area contributed by atoms with E-state index in [0.717, 1.165) is 91.3 Å². The van der Waals surface area contributed by atoms with Crippen molar-refractivity contribution in [2.75, 3.05) is 13.2 Å². The Hall–Kier alpha value is -4.12. The summed E-state index contributed by atoms with van der Waals surface area (Å²) in [6.45, 7) is 3.67. The molecule has 4 aliphatic heterocycles. The van der Waals surface area contributed by atoms with Crippen LogP contribution in [0.3, 0.4) is 0 Å². The summed E-state index contributed by atoms with van der Waals surface area (Å²) in [5.41, 5.74) is 14.0. The van der Waals surface area contributed by atoms with E-state index in [2.05, 4.69) is 71.7 Å². The maximum atomic E-state index is 11.5. The van der Waals surface area contributed by atoms with Crippen molar-refractivity contribution < 1.29 is 29.5 Å². The third kappa shape index (κ3) is 6.85. The Balaban J connectivity index is 1.22. The number of rotatable bonds is 5. The minimum atomic E-state index is -0.589. The van der Waals surface area contributed by atoms with Gasteiger partial charge in [-0.3, -0.25) is 0 Å². The molecule has 9 nitrogen and oxygen atoms in total. The Morgan fingerprint density at radius 3 is 2.75 bits per heavy atom. The molecule has 5 aliphatic rings. The Morgan fingerprint density at radius 1 is 1.00 bits per heavy atom. The summed E-state index contributed by atoms with van der Waals surface area (Å²) < 4.78 is 22.0. The van der Waals surface area contributed by atoms with Gasteiger partial charge in [0.2, 0.25) is 0 Å². The second-order valence-electron chi connectivity index (χ2n) is 16.9. The molecule has 1 aromatic heterocycles. The fourth-order valence-electron chi connectivity index (χ4n) is 10.6. The van der Waals surface area contributed by atoms with Gasteiger partial charge in [-0.15, -0.1) is 0 Å². The van der Waals surface area contributed by atoms with Crippen molar-refractivity contribution in [1.82, 2.24) is 9.88 Å². The van der Waals surface area contributed by atoms with Gasteiger partial charge >= 0.3 is 0 Å². The Kier molecular flexibility index (Phi) is 10.5. The summed E-state index contributed by atoms with van der Waals surface area (Å²) in [7, 11) is 0. The average molecular weight is 760 g/mol. The van der Waals surface area contributed by atoms with Crippen LogP contribution in [0.25, 0.3) is 16.6 Å². The molecule has 0 spiro atoms. The number of unbranched alkanes of at least 4 members (excludes halogenated alkanes) is 1. The minimum absolute atomic E-state index is 0.00981. The molecule has 2 fully saturated rings. The van der Waals surface area contributed by atoms with Crippen LogP contribution in [0.2, 0.25) is 0 Å².